The molecule has 13 rings (SSSR count). The number of nitrogens with zero attached hydrogens (tertiary/aromatic N) is 4. The molecule has 0 radical (unpaired) electrons. The number of hydrogen-bond acceptors (Lipinski definition) is 4. The van der Waals surface area contributed by atoms with Crippen molar-refractivity contribution in [1.82, 2.24) is 0 Å². The highest BCUT2D eigenvalue weighted by molar-refractivity contribution is 7.00. The molecule has 0 aromatic heterocycles. The fraction of sp³-hybridized carbons (Fsp3) is 0.0556. The van der Waals surface area contributed by atoms with Gasteiger partial charge in [0.1, 0.15) is 12.1 Å². The van der Waals surface area contributed by atoms with Gasteiger partial charge in [0.15, 0.2) is 0 Å². The summed E-state index contributed by atoms with van der Waals surface area (Å²) >= 11 is 0. The Hall–Kier alpha value is -9.94. The van der Waals surface area contributed by atoms with Gasteiger partial charge < -0.3 is 9.80 Å². The molecule has 0 spiro atoms. The van der Waals surface area contributed by atoms with E-state index in [2.05, 4.69) is 285 Å². The van der Waals surface area contributed by atoms with Crippen molar-refractivity contribution in [2.45, 2.75) is 26.2 Å². The van der Waals surface area contributed by atoms with Crippen molar-refractivity contribution < 1.29 is 0 Å². The summed E-state index contributed by atoms with van der Waals surface area (Å²) < 4.78 is 0. The number of hydrogen-bond donors (Lipinski definition) is 0. The fourth-order valence-corrected chi connectivity index (χ4v) is 11.9. The molecule has 0 fully saturated rings. The van der Waals surface area contributed by atoms with E-state index in [-0.39, 0.29) is 5.41 Å². The molecule has 0 atom stereocenters. The number of fused-ring (bicyclic) bond motifs is 4. The molecule has 0 amide bonds. The van der Waals surface area contributed by atoms with Crippen LogP contribution in [0.1, 0.15) is 37.5 Å². The summed E-state index contributed by atoms with van der Waals surface area (Å²) in [5, 5.41) is 23.7. The number of para-hydroxylation sites is 2. The molecule has 11 aromatic carbocycles. The topological polar surface area (TPSA) is 54.1 Å². The zero-order valence-electron chi connectivity index (χ0n) is 43.1. The fourth-order valence-electron chi connectivity index (χ4n) is 11.9. The van der Waals surface area contributed by atoms with Crippen LogP contribution in [0.2, 0.25) is 0 Å². The van der Waals surface area contributed by atoms with Gasteiger partial charge in [0.25, 0.3) is 6.71 Å². The first-order chi connectivity index (χ1) is 37.8. The molecular formula is C72H51BN4. The molecule has 0 unspecified atom stereocenters. The summed E-state index contributed by atoms with van der Waals surface area (Å²) in [6.45, 7) is 6.40. The zero-order valence-corrected chi connectivity index (χ0v) is 43.1. The van der Waals surface area contributed by atoms with Crippen molar-refractivity contribution in [3.8, 4) is 78.9 Å². The molecule has 11 aromatic rings. The summed E-state index contributed by atoms with van der Waals surface area (Å²) in [5.41, 5.74) is 22.8. The number of nitriles is 2. The predicted molar refractivity (Wildman–Crippen MR) is 321 cm³/mol. The highest BCUT2D eigenvalue weighted by atomic mass is 15.2. The molecular weight excluding hydrogens is 932 g/mol. The first-order valence-electron chi connectivity index (χ1n) is 26.3. The zero-order chi connectivity index (χ0) is 52.2. The largest absolute Gasteiger partial charge is 0.309 e. The van der Waals surface area contributed by atoms with E-state index in [4.69, 9.17) is 0 Å². The Bertz CT molecular complexity index is 3760. The molecule has 5 heteroatoms. The Morgan fingerprint density at radius 2 is 0.623 bits per heavy atom. The van der Waals surface area contributed by atoms with Crippen LogP contribution in [-0.2, 0) is 5.41 Å². The Morgan fingerprint density at radius 1 is 0.325 bits per heavy atom. The number of rotatable bonds is 8. The second kappa shape index (κ2) is 19.1. The van der Waals surface area contributed by atoms with E-state index in [1.54, 1.807) is 0 Å². The minimum absolute atomic E-state index is 0.355. The maximum atomic E-state index is 11.9. The quantitative estimate of drug-likeness (QED) is 0.142. The predicted octanol–water partition coefficient (Wildman–Crippen LogP) is 16.8. The van der Waals surface area contributed by atoms with Crippen LogP contribution in [0.4, 0.5) is 34.1 Å². The molecule has 0 saturated carbocycles. The molecule has 77 heavy (non-hydrogen) atoms. The maximum absolute atomic E-state index is 11.9. The molecule has 0 saturated heterocycles. The highest BCUT2D eigenvalue weighted by Crippen LogP contribution is 2.54. The molecule has 2 aliphatic heterocycles. The van der Waals surface area contributed by atoms with E-state index in [9.17, 15) is 10.5 Å². The van der Waals surface area contributed by atoms with Gasteiger partial charge in [-0.15, -0.1) is 0 Å². The lowest BCUT2D eigenvalue weighted by Crippen LogP contribution is -2.62. The van der Waals surface area contributed by atoms with Gasteiger partial charge >= 0.3 is 0 Å². The Labute approximate surface area is 451 Å². The van der Waals surface area contributed by atoms with Crippen LogP contribution in [0.15, 0.2) is 255 Å². The third-order valence-corrected chi connectivity index (χ3v) is 15.4. The van der Waals surface area contributed by atoms with Crippen LogP contribution in [0.3, 0.4) is 0 Å². The lowest BCUT2D eigenvalue weighted by atomic mass is 9.33. The van der Waals surface area contributed by atoms with Gasteiger partial charge in [0, 0.05) is 33.6 Å². The van der Waals surface area contributed by atoms with Crippen LogP contribution in [0, 0.1) is 22.7 Å². The summed E-state index contributed by atoms with van der Waals surface area (Å²) in [6.07, 6.45) is 0. The monoisotopic (exact) mass is 982 g/mol. The first-order valence-corrected chi connectivity index (χ1v) is 26.3. The molecule has 0 aliphatic carbocycles. The first kappa shape index (κ1) is 46.8. The van der Waals surface area contributed by atoms with Crippen molar-refractivity contribution >= 4 is 57.2 Å². The molecule has 4 nitrogen and oxygen atoms in total. The van der Waals surface area contributed by atoms with Gasteiger partial charge in [0.05, 0.1) is 33.9 Å². The van der Waals surface area contributed by atoms with E-state index >= 15 is 0 Å². The van der Waals surface area contributed by atoms with Crippen molar-refractivity contribution in [2.75, 3.05) is 9.80 Å². The molecule has 362 valence electrons. The number of benzene rings is 11. The van der Waals surface area contributed by atoms with E-state index < -0.39 is 6.71 Å². The standard InChI is InChI=1S/C72H51BN4/c1-72(2,3)58-44-65-67-66(45-58)77(71-61(52-32-18-8-19-33-52)38-23-39-62(71)53-34-20-9-21-35-53)69-57(47-75)41-55(49-26-12-5-13-27-49)43-64(69)73(67)63-42-54(48-24-10-4-11-25-48)40-56(46-74)68(63)76(65)70-59(50-28-14-6-15-29-50)36-22-37-60(70)51-30-16-7-17-31-51/h4-45H,1-3H3. The molecule has 2 heterocycles. The van der Waals surface area contributed by atoms with E-state index in [0.717, 1.165) is 123 Å². The molecule has 2 aliphatic rings. The maximum Gasteiger partial charge on any atom is 0.252 e. The van der Waals surface area contributed by atoms with Gasteiger partial charge in [-0.25, -0.2) is 0 Å². The van der Waals surface area contributed by atoms with E-state index in [0.29, 0.717) is 11.1 Å². The summed E-state index contributed by atoms with van der Waals surface area (Å²) in [7, 11) is 0. The summed E-state index contributed by atoms with van der Waals surface area (Å²) in [4.78, 5) is 4.88. The molecule has 0 N–H and O–H groups in total. The smallest absolute Gasteiger partial charge is 0.252 e. The van der Waals surface area contributed by atoms with Crippen molar-refractivity contribution in [3.05, 3.63) is 271 Å². The second-order valence-corrected chi connectivity index (χ2v) is 21.0. The van der Waals surface area contributed by atoms with Crippen LogP contribution in [0.25, 0.3) is 66.8 Å². The molecule has 0 bridgehead atoms. The van der Waals surface area contributed by atoms with Gasteiger partial charge in [0.2, 0.25) is 0 Å². The van der Waals surface area contributed by atoms with Gasteiger partial charge in [-0.1, -0.05) is 251 Å². The van der Waals surface area contributed by atoms with E-state index in [1.165, 1.54) is 0 Å². The van der Waals surface area contributed by atoms with Gasteiger partial charge in [-0.3, -0.25) is 0 Å². The Kier molecular flexibility index (Phi) is 11.6. The van der Waals surface area contributed by atoms with Crippen LogP contribution < -0.4 is 26.2 Å². The normalized spacial score (nSPS) is 12.2. The highest BCUT2D eigenvalue weighted by Gasteiger charge is 2.47. The minimum atomic E-state index is -0.439. The Balaban J connectivity index is 1.26. The third kappa shape index (κ3) is 8.00. The third-order valence-electron chi connectivity index (χ3n) is 15.4. The summed E-state index contributed by atoms with van der Waals surface area (Å²) in [5.74, 6) is 0. The lowest BCUT2D eigenvalue weighted by Gasteiger charge is -2.47. The van der Waals surface area contributed by atoms with Gasteiger partial charge in [-0.2, -0.15) is 10.5 Å². The van der Waals surface area contributed by atoms with Crippen LogP contribution in [0.5, 0.6) is 0 Å². The van der Waals surface area contributed by atoms with Crippen molar-refractivity contribution in [1.29, 1.82) is 10.5 Å². The lowest BCUT2D eigenvalue weighted by molar-refractivity contribution is 0.590. The second-order valence-electron chi connectivity index (χ2n) is 21.0. The average Bonchev–Trinajstić information content (AvgIpc) is 3.68. The van der Waals surface area contributed by atoms with Crippen molar-refractivity contribution in [3.63, 3.8) is 0 Å². The Morgan fingerprint density at radius 3 is 0.909 bits per heavy atom. The van der Waals surface area contributed by atoms with Crippen LogP contribution >= 0.6 is 0 Å². The van der Waals surface area contributed by atoms with Gasteiger partial charge in [-0.05, 0) is 96.1 Å². The minimum Gasteiger partial charge on any atom is -0.309 e. The average molecular weight is 983 g/mol. The summed E-state index contributed by atoms with van der Waals surface area (Å²) in [6, 6.07) is 95.8. The van der Waals surface area contributed by atoms with E-state index in [1.807, 2.05) is 12.1 Å². The number of anilines is 6. The van der Waals surface area contributed by atoms with Crippen LogP contribution in [-0.4, -0.2) is 6.71 Å². The van der Waals surface area contributed by atoms with Crippen molar-refractivity contribution in [2.24, 2.45) is 0 Å². The SMILES string of the molecule is CC(C)(C)c1cc2c3c(c1)N(c1c(-c4ccccc4)cccc1-c1ccccc1)c1c(C#N)cc(-c4ccccc4)cc1B3c1cc(-c3ccccc3)cc(C#N)c1N2c1c(-c2ccccc2)cccc1-c1ccccc1.